The molecule has 112 valence electrons. The standard InChI is InChI=1S/C16H25NO3/c1-11(14-9-13(20-2)7-8-16(14)19)17-10-12-5-3-4-6-15(12)18/h7-9,11-12,15,17-19H,3-6,10H2,1-2H3. The summed E-state index contributed by atoms with van der Waals surface area (Å²) >= 11 is 0. The lowest BCUT2D eigenvalue weighted by molar-refractivity contribution is 0.0683. The van der Waals surface area contributed by atoms with Crippen molar-refractivity contribution < 1.29 is 14.9 Å². The normalized spacial score (nSPS) is 24.4. The zero-order valence-electron chi connectivity index (χ0n) is 12.3. The first-order chi connectivity index (χ1) is 9.61. The summed E-state index contributed by atoms with van der Waals surface area (Å²) in [6.45, 7) is 2.79. The van der Waals surface area contributed by atoms with Gasteiger partial charge in [-0.2, -0.15) is 0 Å². The molecule has 1 aliphatic rings. The Morgan fingerprint density at radius 2 is 2.10 bits per heavy atom. The van der Waals surface area contributed by atoms with Crippen molar-refractivity contribution in [3.63, 3.8) is 0 Å². The monoisotopic (exact) mass is 279 g/mol. The number of aliphatic hydroxyl groups excluding tert-OH is 1. The predicted octanol–water partition coefficient (Wildman–Crippen LogP) is 2.60. The fourth-order valence-electron chi connectivity index (χ4n) is 2.87. The third-order valence-electron chi connectivity index (χ3n) is 4.26. The Labute approximate surface area is 120 Å². The zero-order valence-corrected chi connectivity index (χ0v) is 12.3. The molecule has 4 nitrogen and oxygen atoms in total. The van der Waals surface area contributed by atoms with E-state index in [0.29, 0.717) is 5.92 Å². The van der Waals surface area contributed by atoms with E-state index in [1.54, 1.807) is 19.2 Å². The minimum Gasteiger partial charge on any atom is -0.508 e. The Bertz CT molecular complexity index is 436. The SMILES string of the molecule is COc1ccc(O)c(C(C)NCC2CCCCC2O)c1. The average Bonchev–Trinajstić information content (AvgIpc) is 2.46. The van der Waals surface area contributed by atoms with Crippen LogP contribution in [0.15, 0.2) is 18.2 Å². The summed E-state index contributed by atoms with van der Waals surface area (Å²) < 4.78 is 5.19. The number of rotatable bonds is 5. The van der Waals surface area contributed by atoms with Crippen LogP contribution in [-0.2, 0) is 0 Å². The highest BCUT2D eigenvalue weighted by Gasteiger charge is 2.23. The minimum atomic E-state index is -0.192. The molecule has 2 rings (SSSR count). The van der Waals surface area contributed by atoms with Crippen LogP contribution in [0.3, 0.4) is 0 Å². The summed E-state index contributed by atoms with van der Waals surface area (Å²) in [4.78, 5) is 0. The van der Waals surface area contributed by atoms with Crippen LogP contribution in [0.25, 0.3) is 0 Å². The van der Waals surface area contributed by atoms with Gasteiger partial charge in [0.2, 0.25) is 0 Å². The van der Waals surface area contributed by atoms with Gasteiger partial charge in [0.15, 0.2) is 0 Å². The van der Waals surface area contributed by atoms with Gasteiger partial charge in [0, 0.05) is 18.2 Å². The Morgan fingerprint density at radius 3 is 2.80 bits per heavy atom. The fourth-order valence-corrected chi connectivity index (χ4v) is 2.87. The van der Waals surface area contributed by atoms with Crippen molar-refractivity contribution in [1.29, 1.82) is 0 Å². The van der Waals surface area contributed by atoms with Crippen LogP contribution in [0.1, 0.15) is 44.2 Å². The molecular weight excluding hydrogens is 254 g/mol. The second kappa shape index (κ2) is 6.95. The zero-order chi connectivity index (χ0) is 14.5. The molecule has 1 aromatic carbocycles. The van der Waals surface area contributed by atoms with Gasteiger partial charge >= 0.3 is 0 Å². The number of aliphatic hydroxyl groups is 1. The number of phenolic OH excluding ortho intramolecular Hbond substituents is 1. The summed E-state index contributed by atoms with van der Waals surface area (Å²) in [5.74, 6) is 1.33. The number of ether oxygens (including phenoxy) is 1. The Kier molecular flexibility index (Phi) is 5.26. The average molecular weight is 279 g/mol. The summed E-state index contributed by atoms with van der Waals surface area (Å²) in [6, 6.07) is 5.28. The highest BCUT2D eigenvalue weighted by atomic mass is 16.5. The van der Waals surface area contributed by atoms with Crippen LogP contribution in [-0.4, -0.2) is 30.0 Å². The summed E-state index contributed by atoms with van der Waals surface area (Å²) in [7, 11) is 1.62. The van der Waals surface area contributed by atoms with E-state index in [0.717, 1.165) is 37.1 Å². The van der Waals surface area contributed by atoms with Gasteiger partial charge in [0.25, 0.3) is 0 Å². The number of methoxy groups -OCH3 is 1. The van der Waals surface area contributed by atoms with E-state index in [-0.39, 0.29) is 17.9 Å². The molecule has 0 aliphatic heterocycles. The topological polar surface area (TPSA) is 61.7 Å². The molecular formula is C16H25NO3. The van der Waals surface area contributed by atoms with E-state index in [1.807, 2.05) is 13.0 Å². The minimum absolute atomic E-state index is 0.0271. The highest BCUT2D eigenvalue weighted by molar-refractivity contribution is 5.41. The van der Waals surface area contributed by atoms with E-state index >= 15 is 0 Å². The van der Waals surface area contributed by atoms with E-state index in [4.69, 9.17) is 4.74 Å². The van der Waals surface area contributed by atoms with Crippen LogP contribution >= 0.6 is 0 Å². The first-order valence-electron chi connectivity index (χ1n) is 7.40. The van der Waals surface area contributed by atoms with Crippen molar-refractivity contribution in [3.8, 4) is 11.5 Å². The fraction of sp³-hybridized carbons (Fsp3) is 0.625. The molecule has 20 heavy (non-hydrogen) atoms. The van der Waals surface area contributed by atoms with E-state index < -0.39 is 0 Å². The lowest BCUT2D eigenvalue weighted by atomic mass is 9.86. The van der Waals surface area contributed by atoms with Gasteiger partial charge in [-0.25, -0.2) is 0 Å². The van der Waals surface area contributed by atoms with Crippen LogP contribution in [0.2, 0.25) is 0 Å². The van der Waals surface area contributed by atoms with E-state index in [2.05, 4.69) is 5.32 Å². The second-order valence-corrected chi connectivity index (χ2v) is 5.67. The van der Waals surface area contributed by atoms with Crippen molar-refractivity contribution in [2.24, 2.45) is 5.92 Å². The maximum absolute atomic E-state index is 9.98. The van der Waals surface area contributed by atoms with E-state index in [1.165, 1.54) is 6.42 Å². The molecule has 3 N–H and O–H groups in total. The summed E-state index contributed by atoms with van der Waals surface area (Å²) in [6.07, 6.45) is 4.12. The highest BCUT2D eigenvalue weighted by Crippen LogP contribution is 2.29. The number of benzene rings is 1. The number of aromatic hydroxyl groups is 1. The third kappa shape index (κ3) is 3.64. The maximum Gasteiger partial charge on any atom is 0.120 e. The Hall–Kier alpha value is -1.26. The van der Waals surface area contributed by atoms with Gasteiger partial charge in [-0.3, -0.25) is 0 Å². The molecule has 4 heteroatoms. The van der Waals surface area contributed by atoms with Crippen molar-refractivity contribution in [2.75, 3.05) is 13.7 Å². The Morgan fingerprint density at radius 1 is 1.35 bits per heavy atom. The molecule has 0 radical (unpaired) electrons. The molecule has 0 heterocycles. The molecule has 1 saturated carbocycles. The molecule has 0 aromatic heterocycles. The molecule has 3 atom stereocenters. The van der Waals surface area contributed by atoms with Crippen molar-refractivity contribution in [2.45, 2.75) is 44.8 Å². The largest absolute Gasteiger partial charge is 0.508 e. The number of hydrogen-bond donors (Lipinski definition) is 3. The van der Waals surface area contributed by atoms with Crippen molar-refractivity contribution in [3.05, 3.63) is 23.8 Å². The van der Waals surface area contributed by atoms with Crippen molar-refractivity contribution in [1.82, 2.24) is 5.32 Å². The van der Waals surface area contributed by atoms with Gasteiger partial charge < -0.3 is 20.3 Å². The number of nitrogens with one attached hydrogen (secondary N) is 1. The van der Waals surface area contributed by atoms with Gasteiger partial charge in [-0.15, -0.1) is 0 Å². The van der Waals surface area contributed by atoms with Crippen LogP contribution in [0.5, 0.6) is 11.5 Å². The van der Waals surface area contributed by atoms with Gasteiger partial charge in [-0.05, 0) is 43.9 Å². The summed E-state index contributed by atoms with van der Waals surface area (Å²) in [5.41, 5.74) is 0.828. The molecule has 0 saturated heterocycles. The molecule has 1 fully saturated rings. The van der Waals surface area contributed by atoms with Crippen LogP contribution in [0.4, 0.5) is 0 Å². The smallest absolute Gasteiger partial charge is 0.120 e. The van der Waals surface area contributed by atoms with Crippen molar-refractivity contribution >= 4 is 0 Å². The second-order valence-electron chi connectivity index (χ2n) is 5.67. The number of hydrogen-bond acceptors (Lipinski definition) is 4. The molecule has 3 unspecified atom stereocenters. The molecule has 0 bridgehead atoms. The first kappa shape index (κ1) is 15.1. The Balaban J connectivity index is 1.95. The van der Waals surface area contributed by atoms with Gasteiger partial charge in [0.05, 0.1) is 13.2 Å². The number of phenols is 1. The summed E-state index contributed by atoms with van der Waals surface area (Å²) in [5, 5.41) is 23.3. The van der Waals surface area contributed by atoms with Crippen LogP contribution < -0.4 is 10.1 Å². The third-order valence-corrected chi connectivity index (χ3v) is 4.26. The van der Waals surface area contributed by atoms with Gasteiger partial charge in [0.1, 0.15) is 11.5 Å². The van der Waals surface area contributed by atoms with E-state index in [9.17, 15) is 10.2 Å². The first-order valence-corrected chi connectivity index (χ1v) is 7.40. The van der Waals surface area contributed by atoms with Gasteiger partial charge in [-0.1, -0.05) is 12.8 Å². The molecule has 0 amide bonds. The quantitative estimate of drug-likeness (QED) is 0.775. The maximum atomic E-state index is 9.98. The molecule has 1 aromatic rings. The lowest BCUT2D eigenvalue weighted by Crippen LogP contribution is -2.34. The lowest BCUT2D eigenvalue weighted by Gasteiger charge is -2.29. The molecule has 1 aliphatic carbocycles. The predicted molar refractivity (Wildman–Crippen MR) is 79.0 cm³/mol. The molecule has 0 spiro atoms. The van der Waals surface area contributed by atoms with Crippen LogP contribution in [0, 0.1) is 5.92 Å².